The predicted octanol–water partition coefficient (Wildman–Crippen LogP) is 3.14. The Morgan fingerprint density at radius 1 is 1.10 bits per heavy atom. The minimum atomic E-state index is -0.362. The standard InChI is InChI=1S/C15H17NO2S2/c1-10(17)13(15-19-8-9-20-15)14(16-11(2)18)12-6-4-3-5-7-12/h3-7,14H,8-9H2,1-2H3,(H,16,18). The Kier molecular flexibility index (Phi) is 5.31. The molecular formula is C15H17NO2S2. The topological polar surface area (TPSA) is 46.2 Å². The Hall–Kier alpha value is -1.20. The number of carbonyl (C=O) groups is 2. The van der Waals surface area contributed by atoms with Crippen molar-refractivity contribution in [2.24, 2.45) is 0 Å². The number of Topliss-reactive ketones (excluding diaryl/α,β-unsaturated/α-hetero) is 1. The summed E-state index contributed by atoms with van der Waals surface area (Å²) in [7, 11) is 0. The van der Waals surface area contributed by atoms with Crippen molar-refractivity contribution >= 4 is 35.2 Å². The maximum atomic E-state index is 12.1. The molecule has 1 aromatic rings. The highest BCUT2D eigenvalue weighted by atomic mass is 32.2. The van der Waals surface area contributed by atoms with Gasteiger partial charge in [-0.1, -0.05) is 30.3 Å². The second kappa shape index (κ2) is 6.99. The minimum Gasteiger partial charge on any atom is -0.345 e. The van der Waals surface area contributed by atoms with Crippen molar-refractivity contribution in [2.45, 2.75) is 19.9 Å². The minimum absolute atomic E-state index is 0.0181. The molecule has 20 heavy (non-hydrogen) atoms. The number of hydrogen-bond donors (Lipinski definition) is 1. The predicted molar refractivity (Wildman–Crippen MR) is 85.6 cm³/mol. The maximum Gasteiger partial charge on any atom is 0.217 e. The molecule has 1 aromatic carbocycles. The van der Waals surface area contributed by atoms with Crippen molar-refractivity contribution in [1.82, 2.24) is 5.32 Å². The number of rotatable bonds is 4. The zero-order chi connectivity index (χ0) is 14.5. The van der Waals surface area contributed by atoms with E-state index in [1.807, 2.05) is 30.3 Å². The van der Waals surface area contributed by atoms with Crippen LogP contribution in [0.15, 0.2) is 40.1 Å². The summed E-state index contributed by atoms with van der Waals surface area (Å²) in [5, 5.41) is 2.91. The number of ketones is 1. The third kappa shape index (κ3) is 3.67. The van der Waals surface area contributed by atoms with Crippen molar-refractivity contribution in [2.75, 3.05) is 11.5 Å². The Labute approximate surface area is 127 Å². The van der Waals surface area contributed by atoms with E-state index in [9.17, 15) is 9.59 Å². The van der Waals surface area contributed by atoms with Gasteiger partial charge in [-0.05, 0) is 12.5 Å². The first-order valence-electron chi connectivity index (χ1n) is 6.42. The van der Waals surface area contributed by atoms with Crippen LogP contribution in [0, 0.1) is 0 Å². The molecule has 0 saturated carbocycles. The summed E-state index contributed by atoms with van der Waals surface area (Å²) in [6.07, 6.45) is 0. The molecule has 1 N–H and O–H groups in total. The fourth-order valence-corrected chi connectivity index (χ4v) is 4.81. The van der Waals surface area contributed by atoms with Gasteiger partial charge in [0.1, 0.15) is 0 Å². The maximum absolute atomic E-state index is 12.1. The lowest BCUT2D eigenvalue weighted by molar-refractivity contribution is -0.119. The normalized spacial score (nSPS) is 15.8. The first kappa shape index (κ1) is 15.2. The number of thioether (sulfide) groups is 2. The van der Waals surface area contributed by atoms with Gasteiger partial charge in [0.2, 0.25) is 5.91 Å². The highest BCUT2D eigenvalue weighted by Crippen LogP contribution is 2.42. The van der Waals surface area contributed by atoms with Crippen molar-refractivity contribution in [3.8, 4) is 0 Å². The van der Waals surface area contributed by atoms with Crippen LogP contribution in [0.25, 0.3) is 0 Å². The van der Waals surface area contributed by atoms with E-state index in [1.165, 1.54) is 6.92 Å². The van der Waals surface area contributed by atoms with Crippen LogP contribution in [0.2, 0.25) is 0 Å². The molecule has 0 radical (unpaired) electrons. The van der Waals surface area contributed by atoms with Crippen LogP contribution in [0.4, 0.5) is 0 Å². The molecule has 106 valence electrons. The number of carbonyl (C=O) groups excluding carboxylic acids is 2. The fraction of sp³-hybridized carbons (Fsp3) is 0.333. The van der Waals surface area contributed by atoms with Gasteiger partial charge in [-0.2, -0.15) is 0 Å². The average Bonchev–Trinajstić information content (AvgIpc) is 2.92. The zero-order valence-electron chi connectivity index (χ0n) is 11.5. The molecule has 3 nitrogen and oxygen atoms in total. The van der Waals surface area contributed by atoms with Gasteiger partial charge in [0, 0.05) is 28.2 Å². The molecule has 0 bridgehead atoms. The number of benzene rings is 1. The molecule has 1 aliphatic rings. The number of nitrogens with one attached hydrogen (secondary N) is 1. The van der Waals surface area contributed by atoms with E-state index in [0.29, 0.717) is 5.57 Å². The van der Waals surface area contributed by atoms with Gasteiger partial charge in [0.25, 0.3) is 0 Å². The third-order valence-corrected chi connectivity index (χ3v) is 5.66. The van der Waals surface area contributed by atoms with Crippen molar-refractivity contribution in [3.05, 3.63) is 45.7 Å². The second-order valence-corrected chi connectivity index (χ2v) is 6.97. The Balaban J connectivity index is 2.46. The molecule has 5 heteroatoms. The van der Waals surface area contributed by atoms with Crippen LogP contribution in [0.1, 0.15) is 25.5 Å². The molecule has 1 unspecified atom stereocenters. The van der Waals surface area contributed by atoms with Crippen LogP contribution < -0.4 is 5.32 Å². The van der Waals surface area contributed by atoms with Gasteiger partial charge in [-0.3, -0.25) is 9.59 Å². The summed E-state index contributed by atoms with van der Waals surface area (Å²) in [6, 6.07) is 9.28. The Bertz CT molecular complexity index is 532. The van der Waals surface area contributed by atoms with Crippen LogP contribution in [-0.4, -0.2) is 23.2 Å². The van der Waals surface area contributed by atoms with Gasteiger partial charge in [-0.25, -0.2) is 0 Å². The molecule has 0 spiro atoms. The fourth-order valence-electron chi connectivity index (χ4n) is 2.10. The highest BCUT2D eigenvalue weighted by molar-refractivity contribution is 8.25. The number of hydrogen-bond acceptors (Lipinski definition) is 4. The molecule has 1 heterocycles. The molecule has 0 aromatic heterocycles. The molecule has 0 aliphatic carbocycles. The first-order valence-corrected chi connectivity index (χ1v) is 8.39. The lowest BCUT2D eigenvalue weighted by atomic mass is 9.97. The van der Waals surface area contributed by atoms with Gasteiger partial charge in [-0.15, -0.1) is 23.5 Å². The smallest absolute Gasteiger partial charge is 0.217 e. The van der Waals surface area contributed by atoms with E-state index >= 15 is 0 Å². The highest BCUT2D eigenvalue weighted by Gasteiger charge is 2.27. The molecule has 2 rings (SSSR count). The van der Waals surface area contributed by atoms with Crippen molar-refractivity contribution in [1.29, 1.82) is 0 Å². The molecule has 1 aliphatic heterocycles. The molecule has 1 saturated heterocycles. The molecule has 1 atom stereocenters. The van der Waals surface area contributed by atoms with E-state index in [1.54, 1.807) is 30.4 Å². The average molecular weight is 307 g/mol. The van der Waals surface area contributed by atoms with E-state index in [4.69, 9.17) is 0 Å². The van der Waals surface area contributed by atoms with Gasteiger partial charge in [0.15, 0.2) is 5.78 Å². The Morgan fingerprint density at radius 3 is 2.20 bits per heavy atom. The van der Waals surface area contributed by atoms with Crippen LogP contribution in [0.5, 0.6) is 0 Å². The van der Waals surface area contributed by atoms with Crippen molar-refractivity contribution in [3.63, 3.8) is 0 Å². The molecular weight excluding hydrogens is 290 g/mol. The van der Waals surface area contributed by atoms with Crippen LogP contribution >= 0.6 is 23.5 Å². The summed E-state index contributed by atoms with van der Waals surface area (Å²) < 4.78 is 1.04. The lowest BCUT2D eigenvalue weighted by Gasteiger charge is -2.21. The summed E-state index contributed by atoms with van der Waals surface area (Å²) in [5.41, 5.74) is 1.65. The molecule has 1 amide bonds. The zero-order valence-corrected chi connectivity index (χ0v) is 13.1. The first-order chi connectivity index (χ1) is 9.59. The second-order valence-electron chi connectivity index (χ2n) is 4.50. The summed E-state index contributed by atoms with van der Waals surface area (Å²) >= 11 is 3.40. The van der Waals surface area contributed by atoms with E-state index < -0.39 is 0 Å². The van der Waals surface area contributed by atoms with E-state index in [-0.39, 0.29) is 17.7 Å². The summed E-state index contributed by atoms with van der Waals surface area (Å²) in [6.45, 7) is 3.05. The Morgan fingerprint density at radius 2 is 1.70 bits per heavy atom. The van der Waals surface area contributed by atoms with Crippen LogP contribution in [-0.2, 0) is 9.59 Å². The van der Waals surface area contributed by atoms with Crippen LogP contribution in [0.3, 0.4) is 0 Å². The lowest BCUT2D eigenvalue weighted by Crippen LogP contribution is -2.30. The quantitative estimate of drug-likeness (QED) is 0.868. The van der Waals surface area contributed by atoms with E-state index in [0.717, 1.165) is 21.3 Å². The monoisotopic (exact) mass is 307 g/mol. The van der Waals surface area contributed by atoms with Crippen molar-refractivity contribution < 1.29 is 9.59 Å². The summed E-state index contributed by atoms with van der Waals surface area (Å²) in [5.74, 6) is 1.91. The third-order valence-electron chi connectivity index (χ3n) is 2.92. The van der Waals surface area contributed by atoms with Gasteiger partial charge >= 0.3 is 0 Å². The van der Waals surface area contributed by atoms with E-state index in [2.05, 4.69) is 5.32 Å². The SMILES string of the molecule is CC(=O)NC(C(C(C)=O)=C1SCCS1)c1ccccc1. The largest absolute Gasteiger partial charge is 0.345 e. The summed E-state index contributed by atoms with van der Waals surface area (Å²) in [4.78, 5) is 23.6. The molecule has 1 fully saturated rings. The van der Waals surface area contributed by atoms with Gasteiger partial charge in [0.05, 0.1) is 6.04 Å². The van der Waals surface area contributed by atoms with Gasteiger partial charge < -0.3 is 5.32 Å². The number of amides is 1.